The lowest BCUT2D eigenvalue weighted by Crippen LogP contribution is -2.49. The number of fused-ring (bicyclic) bond motifs is 1. The van der Waals surface area contributed by atoms with Crippen molar-refractivity contribution in [1.29, 1.82) is 0 Å². The van der Waals surface area contributed by atoms with E-state index in [-0.39, 0.29) is 5.56 Å². The van der Waals surface area contributed by atoms with Gasteiger partial charge in [0.1, 0.15) is 12.4 Å². The SMILES string of the molecule is CS(=O)(=O)N1CCN(CCNCc2ccc3c(c2)CCC(n2ccc(OCc4ccc(Cl)cc4)cc2=O)=C3)CC1. The molecule has 2 heterocycles. The number of rotatable bonds is 10. The second-order valence-electron chi connectivity index (χ2n) is 10.3. The molecule has 0 saturated carbocycles. The van der Waals surface area contributed by atoms with Gasteiger partial charge in [-0.3, -0.25) is 14.3 Å². The summed E-state index contributed by atoms with van der Waals surface area (Å²) in [5, 5.41) is 4.19. The Morgan fingerprint density at radius 2 is 1.70 bits per heavy atom. The first-order valence-corrected chi connectivity index (χ1v) is 15.8. The molecule has 0 amide bonds. The molecule has 0 spiro atoms. The molecular formula is C30H35ClN4O4S. The molecule has 8 nitrogen and oxygen atoms in total. The second-order valence-corrected chi connectivity index (χ2v) is 12.8. The molecule has 0 radical (unpaired) electrons. The Labute approximate surface area is 240 Å². The summed E-state index contributed by atoms with van der Waals surface area (Å²) in [6.07, 6.45) is 6.82. The van der Waals surface area contributed by atoms with E-state index < -0.39 is 10.0 Å². The van der Waals surface area contributed by atoms with Crippen molar-refractivity contribution in [2.45, 2.75) is 26.0 Å². The number of hydrogen-bond donors (Lipinski definition) is 1. The Balaban J connectivity index is 1.12. The first-order chi connectivity index (χ1) is 19.2. The van der Waals surface area contributed by atoms with Crippen molar-refractivity contribution < 1.29 is 13.2 Å². The fourth-order valence-corrected chi connectivity index (χ4v) is 6.07. The first-order valence-electron chi connectivity index (χ1n) is 13.6. The number of allylic oxidation sites excluding steroid dienone is 1. The molecule has 1 aromatic heterocycles. The molecule has 1 aliphatic carbocycles. The minimum Gasteiger partial charge on any atom is -0.489 e. The molecule has 1 aliphatic heterocycles. The van der Waals surface area contributed by atoms with Crippen LogP contribution in [-0.2, 0) is 29.6 Å². The highest BCUT2D eigenvalue weighted by atomic mass is 35.5. The monoisotopic (exact) mass is 582 g/mol. The summed E-state index contributed by atoms with van der Waals surface area (Å²) in [6.45, 7) is 5.56. The van der Waals surface area contributed by atoms with E-state index in [2.05, 4.69) is 34.5 Å². The number of sulfonamides is 1. The van der Waals surface area contributed by atoms with Crippen molar-refractivity contribution in [3.8, 4) is 5.75 Å². The van der Waals surface area contributed by atoms with E-state index in [4.69, 9.17) is 16.3 Å². The fraction of sp³-hybridized carbons (Fsp3) is 0.367. The Kier molecular flexibility index (Phi) is 9.07. The molecule has 0 atom stereocenters. The van der Waals surface area contributed by atoms with Gasteiger partial charge in [0.05, 0.1) is 6.26 Å². The third-order valence-corrected chi connectivity index (χ3v) is 8.99. The van der Waals surface area contributed by atoms with Crippen molar-refractivity contribution in [3.63, 3.8) is 0 Å². The van der Waals surface area contributed by atoms with Gasteiger partial charge in [0.15, 0.2) is 0 Å². The molecule has 40 heavy (non-hydrogen) atoms. The molecule has 5 rings (SSSR count). The molecule has 0 unspecified atom stereocenters. The molecule has 3 aromatic rings. The van der Waals surface area contributed by atoms with Crippen LogP contribution >= 0.6 is 11.6 Å². The number of pyridine rings is 1. The normalized spacial score (nSPS) is 16.4. The number of aromatic nitrogens is 1. The quantitative estimate of drug-likeness (QED) is 0.367. The van der Waals surface area contributed by atoms with Crippen LogP contribution in [0.15, 0.2) is 65.6 Å². The van der Waals surface area contributed by atoms with Crippen LogP contribution in [0.5, 0.6) is 5.75 Å². The van der Waals surface area contributed by atoms with Gasteiger partial charge in [-0.25, -0.2) is 8.42 Å². The highest BCUT2D eigenvalue weighted by Crippen LogP contribution is 2.27. The fourth-order valence-electron chi connectivity index (χ4n) is 5.12. The summed E-state index contributed by atoms with van der Waals surface area (Å²) >= 11 is 5.93. The maximum atomic E-state index is 12.9. The van der Waals surface area contributed by atoms with Crippen molar-refractivity contribution in [1.82, 2.24) is 19.1 Å². The lowest BCUT2D eigenvalue weighted by atomic mass is 9.93. The number of benzene rings is 2. The highest BCUT2D eigenvalue weighted by Gasteiger charge is 2.22. The van der Waals surface area contributed by atoms with E-state index in [1.807, 2.05) is 30.3 Å². The highest BCUT2D eigenvalue weighted by molar-refractivity contribution is 7.88. The number of hydrogen-bond acceptors (Lipinski definition) is 6. The molecular weight excluding hydrogens is 548 g/mol. The van der Waals surface area contributed by atoms with Gasteiger partial charge < -0.3 is 10.1 Å². The Bertz CT molecular complexity index is 1530. The zero-order valence-corrected chi connectivity index (χ0v) is 24.3. The standard InChI is InChI=1S/C30H35ClN4O4S/c1-40(37,38)34-16-14-33(15-17-34)13-11-32-21-24-2-5-26-19-28(9-6-25(26)18-24)35-12-10-29(20-30(35)36)39-22-23-3-7-27(31)8-4-23/h2-5,7-8,10,12,18-20,32H,6,9,11,13-17,21-22H2,1H3. The van der Waals surface area contributed by atoms with E-state index in [0.29, 0.717) is 30.5 Å². The van der Waals surface area contributed by atoms with Crippen molar-refractivity contribution in [2.75, 3.05) is 45.5 Å². The van der Waals surface area contributed by atoms with Crippen LogP contribution in [0.3, 0.4) is 0 Å². The summed E-state index contributed by atoms with van der Waals surface area (Å²) in [5.74, 6) is 0.543. The lowest BCUT2D eigenvalue weighted by Gasteiger charge is -2.33. The zero-order chi connectivity index (χ0) is 28.1. The molecule has 2 aliphatic rings. The van der Waals surface area contributed by atoms with Crippen LogP contribution in [0.25, 0.3) is 11.8 Å². The molecule has 10 heteroatoms. The molecule has 1 N–H and O–H groups in total. The number of ether oxygens (including phenoxy) is 1. The van der Waals surface area contributed by atoms with E-state index >= 15 is 0 Å². The topological polar surface area (TPSA) is 83.9 Å². The Morgan fingerprint density at radius 1 is 0.950 bits per heavy atom. The van der Waals surface area contributed by atoms with Crippen LogP contribution in [0.2, 0.25) is 5.02 Å². The van der Waals surface area contributed by atoms with Crippen LogP contribution in [0.4, 0.5) is 0 Å². The number of aryl methyl sites for hydroxylation is 1. The third kappa shape index (κ3) is 7.41. The van der Waals surface area contributed by atoms with E-state index in [1.54, 1.807) is 15.1 Å². The van der Waals surface area contributed by atoms with Gasteiger partial charge in [-0.15, -0.1) is 0 Å². The Hall–Kier alpha value is -2.95. The van der Waals surface area contributed by atoms with Gasteiger partial charge in [0.2, 0.25) is 10.0 Å². The van der Waals surface area contributed by atoms with E-state index in [1.165, 1.54) is 23.4 Å². The minimum atomic E-state index is -3.09. The smallest absolute Gasteiger partial charge is 0.258 e. The maximum Gasteiger partial charge on any atom is 0.258 e. The molecule has 0 bridgehead atoms. The summed E-state index contributed by atoms with van der Waals surface area (Å²) in [7, 11) is -3.09. The van der Waals surface area contributed by atoms with Crippen molar-refractivity contribution in [3.05, 3.63) is 98.4 Å². The van der Waals surface area contributed by atoms with Gasteiger partial charge in [0, 0.05) is 68.8 Å². The second kappa shape index (κ2) is 12.7. The third-order valence-electron chi connectivity index (χ3n) is 7.43. The first kappa shape index (κ1) is 28.6. The van der Waals surface area contributed by atoms with Crippen LogP contribution in [0, 0.1) is 0 Å². The summed E-state index contributed by atoms with van der Waals surface area (Å²) in [6, 6.07) is 17.3. The number of nitrogens with one attached hydrogen (secondary N) is 1. The molecule has 1 fully saturated rings. The average Bonchev–Trinajstić information content (AvgIpc) is 2.94. The van der Waals surface area contributed by atoms with Crippen LogP contribution in [-0.4, -0.2) is 67.7 Å². The molecule has 212 valence electrons. The van der Waals surface area contributed by atoms with Crippen molar-refractivity contribution in [2.24, 2.45) is 0 Å². The van der Waals surface area contributed by atoms with E-state index in [9.17, 15) is 13.2 Å². The van der Waals surface area contributed by atoms with Crippen LogP contribution in [0.1, 0.15) is 28.7 Å². The maximum absolute atomic E-state index is 12.9. The van der Waals surface area contributed by atoms with Gasteiger partial charge in [0.25, 0.3) is 5.56 Å². The van der Waals surface area contributed by atoms with Crippen molar-refractivity contribution >= 4 is 33.4 Å². The largest absolute Gasteiger partial charge is 0.489 e. The number of nitrogens with zero attached hydrogens (tertiary/aromatic N) is 3. The van der Waals surface area contributed by atoms with Gasteiger partial charge in [-0.1, -0.05) is 41.9 Å². The molecule has 2 aromatic carbocycles. The van der Waals surface area contributed by atoms with E-state index in [0.717, 1.165) is 62.4 Å². The summed E-state index contributed by atoms with van der Waals surface area (Å²) in [5.41, 5.74) is 5.52. The predicted octanol–water partition coefficient (Wildman–Crippen LogP) is 3.69. The average molecular weight is 583 g/mol. The number of halogens is 1. The van der Waals surface area contributed by atoms with Crippen LogP contribution < -0.4 is 15.6 Å². The minimum absolute atomic E-state index is 0.109. The predicted molar refractivity (Wildman–Crippen MR) is 160 cm³/mol. The molecule has 1 saturated heterocycles. The number of piperazine rings is 1. The summed E-state index contributed by atoms with van der Waals surface area (Å²) in [4.78, 5) is 15.2. The van der Waals surface area contributed by atoms with Gasteiger partial charge in [-0.05, 0) is 59.4 Å². The Morgan fingerprint density at radius 3 is 2.42 bits per heavy atom. The van der Waals surface area contributed by atoms with Gasteiger partial charge >= 0.3 is 0 Å². The van der Waals surface area contributed by atoms with Gasteiger partial charge in [-0.2, -0.15) is 4.31 Å². The summed E-state index contributed by atoms with van der Waals surface area (Å²) < 4.78 is 32.4. The lowest BCUT2D eigenvalue weighted by molar-refractivity contribution is 0.189. The zero-order valence-electron chi connectivity index (χ0n) is 22.7.